The molecule has 1 heterocycles. The average Bonchev–Trinajstić information content (AvgIpc) is 2.68. The fourth-order valence-electron chi connectivity index (χ4n) is 1.31. The van der Waals surface area contributed by atoms with Crippen molar-refractivity contribution >= 4 is 11.3 Å². The Bertz CT molecular complexity index is 445. The second-order valence-corrected chi connectivity index (χ2v) is 4.48. The molecule has 0 aliphatic carbocycles. The first kappa shape index (κ1) is 10.3. The van der Waals surface area contributed by atoms with Gasteiger partial charge in [-0.15, -0.1) is 11.3 Å². The molecule has 2 nitrogen and oxygen atoms in total. The molecule has 1 N–H and O–H groups in total. The van der Waals surface area contributed by atoms with Gasteiger partial charge in [0.1, 0.15) is 5.01 Å². The number of aliphatic hydroxyl groups is 1. The van der Waals surface area contributed by atoms with Gasteiger partial charge in [-0.3, -0.25) is 0 Å². The normalized spacial score (nSPS) is 12.7. The van der Waals surface area contributed by atoms with Crippen LogP contribution in [0.5, 0.6) is 0 Å². The van der Waals surface area contributed by atoms with Crippen LogP contribution in [0.2, 0.25) is 0 Å². The molecular formula is C12H13NOS. The standard InChI is InChI=1S/C12H13NOS/c1-8-3-5-10(6-4-8)12-13-11(7-15-12)9(2)14/h3-7,9,14H,1-2H3/t9-/m1/s1. The molecule has 3 heteroatoms. The molecule has 0 aliphatic heterocycles. The molecule has 0 spiro atoms. The highest BCUT2D eigenvalue weighted by molar-refractivity contribution is 7.13. The van der Waals surface area contributed by atoms with E-state index >= 15 is 0 Å². The van der Waals surface area contributed by atoms with Gasteiger partial charge in [-0.05, 0) is 13.8 Å². The van der Waals surface area contributed by atoms with Crippen molar-refractivity contribution in [2.24, 2.45) is 0 Å². The first-order valence-electron chi connectivity index (χ1n) is 4.87. The SMILES string of the molecule is Cc1ccc(-c2nc([C@@H](C)O)cs2)cc1. The Morgan fingerprint density at radius 3 is 2.47 bits per heavy atom. The Morgan fingerprint density at radius 1 is 1.27 bits per heavy atom. The quantitative estimate of drug-likeness (QED) is 0.841. The van der Waals surface area contributed by atoms with E-state index in [1.807, 2.05) is 5.38 Å². The highest BCUT2D eigenvalue weighted by atomic mass is 32.1. The zero-order valence-corrected chi connectivity index (χ0v) is 9.58. The Labute approximate surface area is 93.2 Å². The molecule has 0 saturated carbocycles. The van der Waals surface area contributed by atoms with Crippen LogP contribution in [-0.2, 0) is 0 Å². The maximum Gasteiger partial charge on any atom is 0.123 e. The fourth-order valence-corrected chi connectivity index (χ4v) is 2.22. The largest absolute Gasteiger partial charge is 0.387 e. The molecule has 0 fully saturated rings. The summed E-state index contributed by atoms with van der Waals surface area (Å²) in [7, 11) is 0. The number of benzene rings is 1. The van der Waals surface area contributed by atoms with Crippen LogP contribution in [0.15, 0.2) is 29.6 Å². The zero-order valence-electron chi connectivity index (χ0n) is 8.77. The van der Waals surface area contributed by atoms with Crippen LogP contribution in [0.3, 0.4) is 0 Å². The van der Waals surface area contributed by atoms with Gasteiger partial charge >= 0.3 is 0 Å². The summed E-state index contributed by atoms with van der Waals surface area (Å²) in [5.74, 6) is 0. The van der Waals surface area contributed by atoms with Crippen molar-refractivity contribution in [3.05, 3.63) is 40.9 Å². The highest BCUT2D eigenvalue weighted by Crippen LogP contribution is 2.26. The van der Waals surface area contributed by atoms with Gasteiger partial charge in [0.15, 0.2) is 0 Å². The van der Waals surface area contributed by atoms with Gasteiger partial charge in [-0.2, -0.15) is 0 Å². The lowest BCUT2D eigenvalue weighted by Gasteiger charge is -1.98. The van der Waals surface area contributed by atoms with Crippen LogP contribution >= 0.6 is 11.3 Å². The lowest BCUT2D eigenvalue weighted by atomic mass is 10.2. The molecule has 78 valence electrons. The first-order valence-corrected chi connectivity index (χ1v) is 5.75. The first-order chi connectivity index (χ1) is 7.16. The maximum absolute atomic E-state index is 9.37. The molecule has 1 aromatic heterocycles. The second-order valence-electron chi connectivity index (χ2n) is 3.62. The van der Waals surface area contributed by atoms with E-state index < -0.39 is 6.10 Å². The van der Waals surface area contributed by atoms with E-state index in [1.165, 1.54) is 5.56 Å². The minimum Gasteiger partial charge on any atom is -0.387 e. The van der Waals surface area contributed by atoms with Crippen molar-refractivity contribution in [1.29, 1.82) is 0 Å². The molecule has 2 rings (SSSR count). The summed E-state index contributed by atoms with van der Waals surface area (Å²) in [6.07, 6.45) is -0.486. The predicted molar refractivity (Wildman–Crippen MR) is 62.9 cm³/mol. The Morgan fingerprint density at radius 2 is 1.93 bits per heavy atom. The second kappa shape index (κ2) is 4.13. The number of nitrogens with zero attached hydrogens (tertiary/aromatic N) is 1. The van der Waals surface area contributed by atoms with Crippen LogP contribution in [-0.4, -0.2) is 10.1 Å². The van der Waals surface area contributed by atoms with Gasteiger partial charge in [0.2, 0.25) is 0 Å². The Balaban J connectivity index is 2.33. The van der Waals surface area contributed by atoms with Crippen LogP contribution in [0, 0.1) is 6.92 Å². The Kier molecular flexibility index (Phi) is 2.84. The van der Waals surface area contributed by atoms with Crippen LogP contribution in [0.4, 0.5) is 0 Å². The fraction of sp³-hybridized carbons (Fsp3) is 0.250. The molecule has 15 heavy (non-hydrogen) atoms. The van der Waals surface area contributed by atoms with E-state index in [4.69, 9.17) is 0 Å². The molecule has 0 saturated heterocycles. The third-order valence-electron chi connectivity index (χ3n) is 2.25. The van der Waals surface area contributed by atoms with E-state index in [9.17, 15) is 5.11 Å². The van der Waals surface area contributed by atoms with Crippen LogP contribution < -0.4 is 0 Å². The maximum atomic E-state index is 9.37. The minimum absolute atomic E-state index is 0.486. The van der Waals surface area contributed by atoms with E-state index in [1.54, 1.807) is 18.3 Å². The number of aromatic nitrogens is 1. The predicted octanol–water partition coefficient (Wildman–Crippen LogP) is 3.17. The molecule has 1 aromatic carbocycles. The molecule has 0 unspecified atom stereocenters. The van der Waals surface area contributed by atoms with Crippen molar-refractivity contribution in [1.82, 2.24) is 4.98 Å². The summed E-state index contributed by atoms with van der Waals surface area (Å²) in [5.41, 5.74) is 3.10. The third kappa shape index (κ3) is 2.25. The van der Waals surface area contributed by atoms with Crippen molar-refractivity contribution in [2.45, 2.75) is 20.0 Å². The lowest BCUT2D eigenvalue weighted by molar-refractivity contribution is 0.195. The van der Waals surface area contributed by atoms with Crippen molar-refractivity contribution < 1.29 is 5.11 Å². The smallest absolute Gasteiger partial charge is 0.123 e. The summed E-state index contributed by atoms with van der Waals surface area (Å²) in [5, 5.41) is 12.2. The number of thiazole rings is 1. The van der Waals surface area contributed by atoms with Gasteiger partial charge in [0.25, 0.3) is 0 Å². The topological polar surface area (TPSA) is 33.1 Å². The van der Waals surface area contributed by atoms with E-state index in [0.29, 0.717) is 0 Å². The van der Waals surface area contributed by atoms with Crippen LogP contribution in [0.1, 0.15) is 24.3 Å². The number of aliphatic hydroxyl groups excluding tert-OH is 1. The van der Waals surface area contributed by atoms with Gasteiger partial charge in [-0.1, -0.05) is 29.8 Å². The summed E-state index contributed by atoms with van der Waals surface area (Å²) < 4.78 is 0. The van der Waals surface area contributed by atoms with Gasteiger partial charge in [0, 0.05) is 10.9 Å². The summed E-state index contributed by atoms with van der Waals surface area (Å²) in [6, 6.07) is 8.25. The van der Waals surface area contributed by atoms with Crippen molar-refractivity contribution in [3.8, 4) is 10.6 Å². The number of rotatable bonds is 2. The molecular weight excluding hydrogens is 206 g/mol. The van der Waals surface area contributed by atoms with Crippen molar-refractivity contribution in [3.63, 3.8) is 0 Å². The summed E-state index contributed by atoms with van der Waals surface area (Å²) in [4.78, 5) is 4.38. The van der Waals surface area contributed by atoms with E-state index in [-0.39, 0.29) is 0 Å². The van der Waals surface area contributed by atoms with Gasteiger partial charge < -0.3 is 5.11 Å². The highest BCUT2D eigenvalue weighted by Gasteiger charge is 2.07. The molecule has 0 radical (unpaired) electrons. The number of hydrogen-bond donors (Lipinski definition) is 1. The number of hydrogen-bond acceptors (Lipinski definition) is 3. The minimum atomic E-state index is -0.486. The molecule has 1 atom stereocenters. The van der Waals surface area contributed by atoms with Crippen LogP contribution in [0.25, 0.3) is 10.6 Å². The Hall–Kier alpha value is -1.19. The summed E-state index contributed by atoms with van der Waals surface area (Å²) in [6.45, 7) is 3.79. The van der Waals surface area contributed by atoms with Gasteiger partial charge in [0.05, 0.1) is 11.8 Å². The van der Waals surface area contributed by atoms with Gasteiger partial charge in [-0.25, -0.2) is 4.98 Å². The monoisotopic (exact) mass is 219 g/mol. The molecule has 0 bridgehead atoms. The lowest BCUT2D eigenvalue weighted by Crippen LogP contribution is -1.90. The van der Waals surface area contributed by atoms with E-state index in [0.717, 1.165) is 16.3 Å². The molecule has 2 aromatic rings. The third-order valence-corrected chi connectivity index (χ3v) is 3.16. The zero-order chi connectivity index (χ0) is 10.8. The number of aryl methyl sites for hydroxylation is 1. The summed E-state index contributed by atoms with van der Waals surface area (Å²) >= 11 is 1.57. The molecule has 0 amide bonds. The average molecular weight is 219 g/mol. The van der Waals surface area contributed by atoms with E-state index in [2.05, 4.69) is 36.2 Å². The van der Waals surface area contributed by atoms with Crippen molar-refractivity contribution in [2.75, 3.05) is 0 Å². The molecule has 0 aliphatic rings.